The number of rotatable bonds is 8. The van der Waals surface area contributed by atoms with Crippen LogP contribution in [-0.4, -0.2) is 49.7 Å². The standard InChI is InChI=1S/C23H31N3O3S/c1-4-19-7-9-20(10-8-19)17-25(3)18(2)23(27)24-21-11-13-22(14-12-21)30(28,29)26-15-5-6-16-26/h7-14,18H,4-6,15-17H2,1-3H3,(H,24,27)/t18-/m1/s1. The van der Waals surface area contributed by atoms with Gasteiger partial charge in [0.1, 0.15) is 0 Å². The summed E-state index contributed by atoms with van der Waals surface area (Å²) in [6.45, 7) is 5.81. The molecule has 0 saturated carbocycles. The Bertz CT molecular complexity index is 950. The van der Waals surface area contributed by atoms with Crippen LogP contribution in [0, 0.1) is 0 Å². The van der Waals surface area contributed by atoms with Gasteiger partial charge in [-0.1, -0.05) is 31.2 Å². The molecule has 1 atom stereocenters. The van der Waals surface area contributed by atoms with Gasteiger partial charge in [-0.3, -0.25) is 9.69 Å². The molecule has 6 nitrogen and oxygen atoms in total. The van der Waals surface area contributed by atoms with Crippen LogP contribution in [0.15, 0.2) is 53.4 Å². The molecule has 162 valence electrons. The number of carbonyl (C=O) groups is 1. The van der Waals surface area contributed by atoms with Crippen molar-refractivity contribution in [2.24, 2.45) is 0 Å². The normalized spacial score (nSPS) is 16.0. The van der Waals surface area contributed by atoms with Crippen LogP contribution in [0.2, 0.25) is 0 Å². The zero-order valence-electron chi connectivity index (χ0n) is 18.0. The number of nitrogens with one attached hydrogen (secondary N) is 1. The van der Waals surface area contributed by atoms with Crippen LogP contribution in [0.25, 0.3) is 0 Å². The summed E-state index contributed by atoms with van der Waals surface area (Å²) in [4.78, 5) is 14.9. The Labute approximate surface area is 179 Å². The van der Waals surface area contributed by atoms with Gasteiger partial charge in [-0.05, 0) is 68.6 Å². The number of hydrogen-bond donors (Lipinski definition) is 1. The quantitative estimate of drug-likeness (QED) is 0.697. The Balaban J connectivity index is 1.59. The summed E-state index contributed by atoms with van der Waals surface area (Å²) >= 11 is 0. The SMILES string of the molecule is CCc1ccc(CN(C)[C@H](C)C(=O)Nc2ccc(S(=O)(=O)N3CCCC3)cc2)cc1. The molecule has 1 amide bonds. The van der Waals surface area contributed by atoms with Crippen LogP contribution in [0.5, 0.6) is 0 Å². The van der Waals surface area contributed by atoms with E-state index in [4.69, 9.17) is 0 Å². The number of hydrogen-bond acceptors (Lipinski definition) is 4. The Morgan fingerprint density at radius 3 is 2.17 bits per heavy atom. The fourth-order valence-corrected chi connectivity index (χ4v) is 5.06. The lowest BCUT2D eigenvalue weighted by Crippen LogP contribution is -2.39. The van der Waals surface area contributed by atoms with Crippen LogP contribution >= 0.6 is 0 Å². The molecule has 1 aliphatic rings. The monoisotopic (exact) mass is 429 g/mol. The highest BCUT2D eigenvalue weighted by molar-refractivity contribution is 7.89. The van der Waals surface area contributed by atoms with Crippen molar-refractivity contribution in [1.82, 2.24) is 9.21 Å². The molecule has 0 bridgehead atoms. The molecule has 1 fully saturated rings. The Hall–Kier alpha value is -2.22. The van der Waals surface area contributed by atoms with Gasteiger partial charge in [-0.15, -0.1) is 0 Å². The number of likely N-dealkylation sites (N-methyl/N-ethyl adjacent to an activating group) is 1. The van der Waals surface area contributed by atoms with Crippen molar-refractivity contribution in [2.75, 3.05) is 25.5 Å². The zero-order valence-corrected chi connectivity index (χ0v) is 18.8. The van der Waals surface area contributed by atoms with E-state index >= 15 is 0 Å². The Kier molecular flexibility index (Phi) is 7.28. The number of amides is 1. The minimum absolute atomic E-state index is 0.127. The summed E-state index contributed by atoms with van der Waals surface area (Å²) < 4.78 is 26.7. The van der Waals surface area contributed by atoms with Crippen molar-refractivity contribution in [3.05, 3.63) is 59.7 Å². The predicted octanol–water partition coefficient (Wildman–Crippen LogP) is 3.49. The molecule has 1 N–H and O–H groups in total. The van der Waals surface area contributed by atoms with Gasteiger partial charge in [-0.2, -0.15) is 4.31 Å². The van der Waals surface area contributed by atoms with E-state index in [9.17, 15) is 13.2 Å². The van der Waals surface area contributed by atoms with E-state index in [1.165, 1.54) is 9.87 Å². The molecule has 7 heteroatoms. The molecule has 0 unspecified atom stereocenters. The first-order chi connectivity index (χ1) is 14.3. The highest BCUT2D eigenvalue weighted by Gasteiger charge is 2.27. The van der Waals surface area contributed by atoms with Crippen LogP contribution in [-0.2, 0) is 27.8 Å². The largest absolute Gasteiger partial charge is 0.325 e. The minimum Gasteiger partial charge on any atom is -0.325 e. The maximum absolute atomic E-state index is 12.7. The lowest BCUT2D eigenvalue weighted by molar-refractivity contribution is -0.120. The van der Waals surface area contributed by atoms with Gasteiger partial charge in [0.15, 0.2) is 0 Å². The molecule has 1 saturated heterocycles. The zero-order chi connectivity index (χ0) is 21.7. The van der Waals surface area contributed by atoms with Gasteiger partial charge >= 0.3 is 0 Å². The van der Waals surface area contributed by atoms with Crippen LogP contribution in [0.1, 0.15) is 37.8 Å². The second-order valence-electron chi connectivity index (χ2n) is 7.89. The molecule has 0 radical (unpaired) electrons. The van der Waals surface area contributed by atoms with Gasteiger partial charge in [-0.25, -0.2) is 8.42 Å². The van der Waals surface area contributed by atoms with Gasteiger partial charge < -0.3 is 5.32 Å². The molecule has 0 aliphatic carbocycles. The van der Waals surface area contributed by atoms with E-state index in [0.29, 0.717) is 25.3 Å². The molecular formula is C23H31N3O3S. The van der Waals surface area contributed by atoms with Gasteiger partial charge in [0.05, 0.1) is 10.9 Å². The second kappa shape index (κ2) is 9.73. The highest BCUT2D eigenvalue weighted by atomic mass is 32.2. The molecule has 3 rings (SSSR count). The summed E-state index contributed by atoms with van der Waals surface area (Å²) in [6.07, 6.45) is 2.82. The maximum Gasteiger partial charge on any atom is 0.243 e. The number of aryl methyl sites for hydroxylation is 1. The van der Waals surface area contributed by atoms with E-state index in [1.807, 2.05) is 18.9 Å². The third kappa shape index (κ3) is 5.28. The number of carbonyl (C=O) groups excluding carboxylic acids is 1. The molecule has 2 aromatic carbocycles. The summed E-state index contributed by atoms with van der Waals surface area (Å²) in [6, 6.07) is 14.5. The Morgan fingerprint density at radius 2 is 1.60 bits per heavy atom. The van der Waals surface area contributed by atoms with Gasteiger partial charge in [0.25, 0.3) is 0 Å². The van der Waals surface area contributed by atoms with Crippen molar-refractivity contribution in [3.8, 4) is 0 Å². The third-order valence-electron chi connectivity index (χ3n) is 5.73. The van der Waals surface area contributed by atoms with Crippen LogP contribution in [0.4, 0.5) is 5.69 Å². The molecule has 30 heavy (non-hydrogen) atoms. The Morgan fingerprint density at radius 1 is 1.03 bits per heavy atom. The molecule has 0 spiro atoms. The fourth-order valence-electron chi connectivity index (χ4n) is 3.54. The van der Waals surface area contributed by atoms with E-state index < -0.39 is 10.0 Å². The van der Waals surface area contributed by atoms with Crippen molar-refractivity contribution >= 4 is 21.6 Å². The smallest absolute Gasteiger partial charge is 0.243 e. The molecular weight excluding hydrogens is 398 g/mol. The van der Waals surface area contributed by atoms with Crippen molar-refractivity contribution < 1.29 is 13.2 Å². The summed E-state index contributed by atoms with van der Waals surface area (Å²) in [7, 11) is -1.52. The lowest BCUT2D eigenvalue weighted by atomic mass is 10.1. The maximum atomic E-state index is 12.7. The summed E-state index contributed by atoms with van der Waals surface area (Å²) in [5, 5.41) is 2.89. The van der Waals surface area contributed by atoms with E-state index in [-0.39, 0.29) is 16.8 Å². The summed E-state index contributed by atoms with van der Waals surface area (Å²) in [5.41, 5.74) is 3.04. The number of sulfonamides is 1. The van der Waals surface area contributed by atoms with Gasteiger partial charge in [0.2, 0.25) is 15.9 Å². The average Bonchev–Trinajstić information content (AvgIpc) is 3.30. The van der Waals surface area contributed by atoms with Crippen molar-refractivity contribution in [3.63, 3.8) is 0 Å². The second-order valence-corrected chi connectivity index (χ2v) is 9.82. The fraction of sp³-hybridized carbons (Fsp3) is 0.435. The van der Waals surface area contributed by atoms with Crippen LogP contribution < -0.4 is 5.32 Å². The van der Waals surface area contributed by atoms with Crippen molar-refractivity contribution in [1.29, 1.82) is 0 Å². The van der Waals surface area contributed by atoms with E-state index in [2.05, 4.69) is 36.5 Å². The van der Waals surface area contributed by atoms with Crippen LogP contribution in [0.3, 0.4) is 0 Å². The van der Waals surface area contributed by atoms with Crippen molar-refractivity contribution in [2.45, 2.75) is 50.6 Å². The number of nitrogens with zero attached hydrogens (tertiary/aromatic N) is 2. The molecule has 1 heterocycles. The first-order valence-electron chi connectivity index (χ1n) is 10.5. The third-order valence-corrected chi connectivity index (χ3v) is 7.64. The molecule has 2 aromatic rings. The lowest BCUT2D eigenvalue weighted by Gasteiger charge is -2.24. The number of anilines is 1. The average molecular weight is 430 g/mol. The first-order valence-corrected chi connectivity index (χ1v) is 11.9. The topological polar surface area (TPSA) is 69.7 Å². The predicted molar refractivity (Wildman–Crippen MR) is 120 cm³/mol. The van der Waals surface area contributed by atoms with Gasteiger partial charge in [0, 0.05) is 25.3 Å². The summed E-state index contributed by atoms with van der Waals surface area (Å²) in [5.74, 6) is -0.127. The molecule has 0 aromatic heterocycles. The van der Waals surface area contributed by atoms with E-state index in [0.717, 1.165) is 24.8 Å². The highest BCUT2D eigenvalue weighted by Crippen LogP contribution is 2.22. The van der Waals surface area contributed by atoms with E-state index in [1.54, 1.807) is 24.3 Å². The molecule has 1 aliphatic heterocycles. The first kappa shape index (κ1) is 22.5. The number of benzene rings is 2. The minimum atomic E-state index is -3.44.